The Morgan fingerprint density at radius 3 is 2.69 bits per heavy atom. The quantitative estimate of drug-likeness (QED) is 0.751. The van der Waals surface area contributed by atoms with Gasteiger partial charge in [0.05, 0.1) is 6.10 Å². The predicted molar refractivity (Wildman–Crippen MR) is 48.9 cm³/mol. The first-order chi connectivity index (χ1) is 6.15. The van der Waals surface area contributed by atoms with Gasteiger partial charge < -0.3 is 10.2 Å². The molecule has 13 heavy (non-hydrogen) atoms. The Balaban J connectivity index is 2.31. The zero-order valence-corrected chi connectivity index (χ0v) is 7.75. The van der Waals surface area contributed by atoms with Crippen molar-refractivity contribution in [2.75, 3.05) is 0 Å². The molecule has 0 aliphatic heterocycles. The number of aliphatic hydroxyl groups is 1. The molecule has 70 valence electrons. The fraction of sp³-hybridized carbons (Fsp3) is 0.444. The molecule has 1 aliphatic rings. The van der Waals surface area contributed by atoms with E-state index in [4.69, 9.17) is 5.11 Å². The molecule has 1 fully saturated rings. The van der Waals surface area contributed by atoms with Gasteiger partial charge in [0, 0.05) is 4.88 Å². The Morgan fingerprint density at radius 2 is 2.31 bits per heavy atom. The van der Waals surface area contributed by atoms with Crippen molar-refractivity contribution in [3.63, 3.8) is 0 Å². The number of carbonyl (C=O) groups is 1. The van der Waals surface area contributed by atoms with Gasteiger partial charge in [0.1, 0.15) is 5.41 Å². The van der Waals surface area contributed by atoms with Crippen molar-refractivity contribution in [2.45, 2.75) is 24.4 Å². The van der Waals surface area contributed by atoms with Crippen LogP contribution in [0.5, 0.6) is 0 Å². The Hall–Kier alpha value is -0.870. The number of hydrogen-bond donors (Lipinski definition) is 2. The van der Waals surface area contributed by atoms with Gasteiger partial charge in [0.25, 0.3) is 0 Å². The molecule has 1 aromatic heterocycles. The highest BCUT2D eigenvalue weighted by molar-refractivity contribution is 7.10. The van der Waals surface area contributed by atoms with Crippen LogP contribution in [-0.2, 0) is 10.2 Å². The summed E-state index contributed by atoms with van der Waals surface area (Å²) < 4.78 is 0. The van der Waals surface area contributed by atoms with E-state index in [9.17, 15) is 9.90 Å². The molecule has 1 aromatic rings. The number of rotatable bonds is 2. The lowest BCUT2D eigenvalue weighted by Gasteiger charge is -2.40. The summed E-state index contributed by atoms with van der Waals surface area (Å²) in [5.41, 5.74) is -0.798. The number of hydrogen-bond acceptors (Lipinski definition) is 3. The van der Waals surface area contributed by atoms with Crippen molar-refractivity contribution in [1.29, 1.82) is 0 Å². The van der Waals surface area contributed by atoms with Gasteiger partial charge in [-0.3, -0.25) is 4.79 Å². The minimum Gasteiger partial charge on any atom is -0.481 e. The lowest BCUT2D eigenvalue weighted by atomic mass is 9.66. The maximum atomic E-state index is 11.0. The standard InChI is InChI=1S/C9H10O3S/c10-6-4-9(5-6,8(11)12)7-2-1-3-13-7/h1-3,6,10H,4-5H2,(H,11,12). The molecule has 0 bridgehead atoms. The van der Waals surface area contributed by atoms with Crippen molar-refractivity contribution in [3.8, 4) is 0 Å². The molecular weight excluding hydrogens is 188 g/mol. The highest BCUT2D eigenvalue weighted by Gasteiger charge is 2.51. The normalized spacial score (nSPS) is 32.5. The first-order valence-corrected chi connectivity index (χ1v) is 4.98. The zero-order chi connectivity index (χ0) is 9.47. The molecule has 2 rings (SSSR count). The van der Waals surface area contributed by atoms with E-state index in [0.717, 1.165) is 4.88 Å². The third-order valence-electron chi connectivity index (χ3n) is 2.57. The van der Waals surface area contributed by atoms with Gasteiger partial charge in [-0.2, -0.15) is 0 Å². The molecular formula is C9H10O3S. The Morgan fingerprint density at radius 1 is 1.62 bits per heavy atom. The van der Waals surface area contributed by atoms with E-state index < -0.39 is 17.5 Å². The number of carboxylic acids is 1. The minimum atomic E-state index is -0.819. The van der Waals surface area contributed by atoms with Crippen molar-refractivity contribution < 1.29 is 15.0 Å². The van der Waals surface area contributed by atoms with Gasteiger partial charge in [0.15, 0.2) is 0 Å². The number of aliphatic hydroxyl groups excluding tert-OH is 1. The van der Waals surface area contributed by atoms with Gasteiger partial charge >= 0.3 is 5.97 Å². The van der Waals surface area contributed by atoms with E-state index in [1.165, 1.54) is 11.3 Å². The van der Waals surface area contributed by atoms with E-state index >= 15 is 0 Å². The molecule has 2 N–H and O–H groups in total. The van der Waals surface area contributed by atoms with Gasteiger partial charge in [0.2, 0.25) is 0 Å². The smallest absolute Gasteiger partial charge is 0.315 e. The summed E-state index contributed by atoms with van der Waals surface area (Å²) in [6.07, 6.45) is 0.254. The lowest BCUT2D eigenvalue weighted by molar-refractivity contribution is -0.152. The maximum Gasteiger partial charge on any atom is 0.315 e. The van der Waals surface area contributed by atoms with Crippen LogP contribution < -0.4 is 0 Å². The molecule has 0 radical (unpaired) electrons. The van der Waals surface area contributed by atoms with Gasteiger partial charge in [-0.1, -0.05) is 6.07 Å². The number of thiophene rings is 1. The average Bonchev–Trinajstić information content (AvgIpc) is 2.49. The van der Waals surface area contributed by atoms with Crippen LogP contribution in [-0.4, -0.2) is 22.3 Å². The molecule has 1 heterocycles. The van der Waals surface area contributed by atoms with Crippen LogP contribution in [0, 0.1) is 0 Å². The van der Waals surface area contributed by atoms with Crippen LogP contribution in [0.15, 0.2) is 17.5 Å². The molecule has 0 amide bonds. The summed E-state index contributed by atoms with van der Waals surface area (Å²) in [6.45, 7) is 0. The SMILES string of the molecule is O=C(O)C1(c2cccs2)CC(O)C1. The van der Waals surface area contributed by atoms with Gasteiger partial charge in [-0.05, 0) is 24.3 Å². The minimum absolute atomic E-state index is 0.350. The van der Waals surface area contributed by atoms with E-state index in [1.807, 2.05) is 17.5 Å². The average molecular weight is 198 g/mol. The summed E-state index contributed by atoms with van der Waals surface area (Å²) >= 11 is 1.44. The zero-order valence-electron chi connectivity index (χ0n) is 6.93. The van der Waals surface area contributed by atoms with E-state index in [1.54, 1.807) is 0 Å². The van der Waals surface area contributed by atoms with E-state index in [2.05, 4.69) is 0 Å². The van der Waals surface area contributed by atoms with Crippen molar-refractivity contribution in [1.82, 2.24) is 0 Å². The molecule has 0 saturated heterocycles. The molecule has 0 aromatic carbocycles. The highest BCUT2D eigenvalue weighted by atomic mass is 32.1. The second-order valence-corrected chi connectivity index (χ2v) is 4.37. The Bertz CT molecular complexity index is 312. The van der Waals surface area contributed by atoms with Crippen LogP contribution in [0.4, 0.5) is 0 Å². The van der Waals surface area contributed by atoms with Gasteiger partial charge in [-0.25, -0.2) is 0 Å². The molecule has 1 aliphatic carbocycles. The summed E-state index contributed by atoms with van der Waals surface area (Å²) in [7, 11) is 0. The molecule has 0 atom stereocenters. The summed E-state index contributed by atoms with van der Waals surface area (Å²) in [5.74, 6) is -0.819. The molecule has 0 unspecified atom stereocenters. The Kier molecular flexibility index (Phi) is 1.89. The van der Waals surface area contributed by atoms with Crippen molar-refractivity contribution in [2.24, 2.45) is 0 Å². The monoisotopic (exact) mass is 198 g/mol. The third kappa shape index (κ3) is 1.17. The second-order valence-electron chi connectivity index (χ2n) is 3.43. The van der Waals surface area contributed by atoms with Crippen molar-refractivity contribution >= 4 is 17.3 Å². The number of carboxylic acid groups (broad SMARTS) is 1. The lowest BCUT2D eigenvalue weighted by Crippen LogP contribution is -2.50. The van der Waals surface area contributed by atoms with Crippen LogP contribution >= 0.6 is 11.3 Å². The fourth-order valence-electron chi connectivity index (χ4n) is 1.78. The third-order valence-corrected chi connectivity index (χ3v) is 3.64. The fourth-order valence-corrected chi connectivity index (χ4v) is 2.72. The molecule has 1 saturated carbocycles. The molecule has 3 nitrogen and oxygen atoms in total. The highest BCUT2D eigenvalue weighted by Crippen LogP contribution is 2.45. The predicted octanol–water partition coefficient (Wildman–Crippen LogP) is 1.23. The topological polar surface area (TPSA) is 57.5 Å². The van der Waals surface area contributed by atoms with Crippen LogP contribution in [0.3, 0.4) is 0 Å². The van der Waals surface area contributed by atoms with Crippen LogP contribution in [0.2, 0.25) is 0 Å². The molecule has 0 spiro atoms. The van der Waals surface area contributed by atoms with Crippen LogP contribution in [0.25, 0.3) is 0 Å². The second kappa shape index (κ2) is 2.82. The summed E-state index contributed by atoms with van der Waals surface area (Å²) in [5, 5.41) is 20.1. The first-order valence-electron chi connectivity index (χ1n) is 4.10. The van der Waals surface area contributed by atoms with E-state index in [0.29, 0.717) is 12.8 Å². The van der Waals surface area contributed by atoms with Crippen LogP contribution in [0.1, 0.15) is 17.7 Å². The summed E-state index contributed by atoms with van der Waals surface area (Å²) in [4.78, 5) is 11.9. The van der Waals surface area contributed by atoms with E-state index in [-0.39, 0.29) is 0 Å². The maximum absolute atomic E-state index is 11.0. The first kappa shape index (κ1) is 8.72. The number of aliphatic carboxylic acids is 1. The summed E-state index contributed by atoms with van der Waals surface area (Å²) in [6, 6.07) is 3.67. The Labute approximate surface area is 79.6 Å². The van der Waals surface area contributed by atoms with Gasteiger partial charge in [-0.15, -0.1) is 11.3 Å². The largest absolute Gasteiger partial charge is 0.481 e. The molecule has 4 heteroatoms. The van der Waals surface area contributed by atoms with Crippen molar-refractivity contribution in [3.05, 3.63) is 22.4 Å².